The summed E-state index contributed by atoms with van der Waals surface area (Å²) >= 11 is 0. The standard InChI is InChI=1S/C11H21NO5S/c1-8(2)4-5-12-10(13)7-18(16,17)9(3)6-11(14)15/h8-9H,4-7H2,1-3H3,(H,12,13)(H,14,15). The van der Waals surface area contributed by atoms with Gasteiger partial charge in [-0.25, -0.2) is 8.42 Å². The highest BCUT2D eigenvalue weighted by Gasteiger charge is 2.26. The van der Waals surface area contributed by atoms with Crippen LogP contribution in [0.15, 0.2) is 0 Å². The van der Waals surface area contributed by atoms with Crippen LogP contribution in [0.5, 0.6) is 0 Å². The number of sulfone groups is 1. The molecule has 0 aliphatic carbocycles. The molecule has 1 atom stereocenters. The van der Waals surface area contributed by atoms with E-state index in [2.05, 4.69) is 5.32 Å². The Morgan fingerprint density at radius 1 is 1.22 bits per heavy atom. The van der Waals surface area contributed by atoms with Crippen molar-refractivity contribution in [2.75, 3.05) is 12.3 Å². The van der Waals surface area contributed by atoms with Gasteiger partial charge in [0.1, 0.15) is 5.75 Å². The van der Waals surface area contributed by atoms with Crippen LogP contribution in [0.3, 0.4) is 0 Å². The van der Waals surface area contributed by atoms with Crippen LogP contribution in [-0.4, -0.2) is 42.9 Å². The van der Waals surface area contributed by atoms with Gasteiger partial charge < -0.3 is 10.4 Å². The molecule has 0 radical (unpaired) electrons. The maximum Gasteiger partial charge on any atom is 0.304 e. The predicted molar refractivity (Wildman–Crippen MR) is 68.0 cm³/mol. The molecule has 0 saturated heterocycles. The van der Waals surface area contributed by atoms with Crippen molar-refractivity contribution < 1.29 is 23.1 Å². The molecule has 1 unspecified atom stereocenters. The van der Waals surface area contributed by atoms with E-state index in [-0.39, 0.29) is 0 Å². The quantitative estimate of drug-likeness (QED) is 0.671. The van der Waals surface area contributed by atoms with Gasteiger partial charge in [-0.2, -0.15) is 0 Å². The second kappa shape index (κ2) is 7.35. The first-order valence-electron chi connectivity index (χ1n) is 5.85. The fourth-order valence-corrected chi connectivity index (χ4v) is 2.40. The van der Waals surface area contributed by atoms with E-state index >= 15 is 0 Å². The molecule has 0 aliphatic rings. The Morgan fingerprint density at radius 3 is 2.22 bits per heavy atom. The molecule has 7 heteroatoms. The number of carbonyl (C=O) groups is 2. The number of hydrogen-bond acceptors (Lipinski definition) is 4. The highest BCUT2D eigenvalue weighted by Crippen LogP contribution is 2.06. The molecule has 2 N–H and O–H groups in total. The zero-order chi connectivity index (χ0) is 14.3. The Balaban J connectivity index is 4.23. The lowest BCUT2D eigenvalue weighted by Gasteiger charge is -2.11. The lowest BCUT2D eigenvalue weighted by Crippen LogP contribution is -2.35. The number of carboxylic acid groups (broad SMARTS) is 1. The summed E-state index contributed by atoms with van der Waals surface area (Å²) in [5, 5.41) is 9.98. The fourth-order valence-electron chi connectivity index (χ4n) is 1.25. The summed E-state index contributed by atoms with van der Waals surface area (Å²) in [5.41, 5.74) is 0. The zero-order valence-electron chi connectivity index (χ0n) is 11.0. The number of carboxylic acids is 1. The van der Waals surface area contributed by atoms with Crippen molar-refractivity contribution in [1.29, 1.82) is 0 Å². The van der Waals surface area contributed by atoms with Gasteiger partial charge in [0.25, 0.3) is 0 Å². The minimum absolute atomic E-state index is 0.424. The minimum atomic E-state index is -3.70. The third-order valence-corrected chi connectivity index (χ3v) is 4.51. The van der Waals surface area contributed by atoms with Crippen LogP contribution in [-0.2, 0) is 19.4 Å². The minimum Gasteiger partial charge on any atom is -0.481 e. The average Bonchev–Trinajstić information content (AvgIpc) is 2.14. The highest BCUT2D eigenvalue weighted by molar-refractivity contribution is 7.92. The summed E-state index contributed by atoms with van der Waals surface area (Å²) in [6.07, 6.45) is 0.290. The number of aliphatic carboxylic acids is 1. The second-order valence-electron chi connectivity index (χ2n) is 4.75. The lowest BCUT2D eigenvalue weighted by molar-refractivity contribution is -0.137. The van der Waals surface area contributed by atoms with E-state index in [0.717, 1.165) is 6.42 Å². The Morgan fingerprint density at radius 2 is 1.78 bits per heavy atom. The Kier molecular flexibility index (Phi) is 6.90. The van der Waals surface area contributed by atoms with Gasteiger partial charge >= 0.3 is 5.97 Å². The second-order valence-corrected chi connectivity index (χ2v) is 7.17. The molecule has 6 nitrogen and oxygen atoms in total. The zero-order valence-corrected chi connectivity index (χ0v) is 11.8. The average molecular weight is 279 g/mol. The van der Waals surface area contributed by atoms with E-state index in [4.69, 9.17) is 5.11 Å². The van der Waals surface area contributed by atoms with Crippen LogP contribution in [0.4, 0.5) is 0 Å². The number of carbonyl (C=O) groups excluding carboxylic acids is 1. The van der Waals surface area contributed by atoms with Crippen molar-refractivity contribution in [2.24, 2.45) is 5.92 Å². The topological polar surface area (TPSA) is 101 Å². The Hall–Kier alpha value is -1.11. The van der Waals surface area contributed by atoms with E-state index in [1.807, 2.05) is 13.8 Å². The van der Waals surface area contributed by atoms with Gasteiger partial charge in [-0.15, -0.1) is 0 Å². The molecule has 0 heterocycles. The molecule has 0 fully saturated rings. The Bertz CT molecular complexity index is 388. The van der Waals surface area contributed by atoms with E-state index < -0.39 is 39.1 Å². The van der Waals surface area contributed by atoms with E-state index in [0.29, 0.717) is 12.5 Å². The van der Waals surface area contributed by atoms with Crippen molar-refractivity contribution >= 4 is 21.7 Å². The van der Waals surface area contributed by atoms with Gasteiger partial charge in [0.05, 0.1) is 11.7 Å². The summed E-state index contributed by atoms with van der Waals surface area (Å²) in [7, 11) is -3.70. The molecule has 0 saturated carbocycles. The van der Waals surface area contributed by atoms with E-state index in [1.165, 1.54) is 6.92 Å². The van der Waals surface area contributed by atoms with Crippen LogP contribution in [0, 0.1) is 5.92 Å². The van der Waals surface area contributed by atoms with Gasteiger partial charge in [-0.05, 0) is 19.3 Å². The molecule has 0 aliphatic heterocycles. The molecule has 0 rings (SSSR count). The predicted octanol–water partition coefficient (Wildman–Crippen LogP) is 0.427. The molecule has 1 amide bonds. The number of amides is 1. The van der Waals surface area contributed by atoms with Crippen LogP contribution in [0.1, 0.15) is 33.6 Å². The molecule has 0 bridgehead atoms. The molecular formula is C11H21NO5S. The molecule has 0 aromatic carbocycles. The first-order valence-corrected chi connectivity index (χ1v) is 7.56. The van der Waals surface area contributed by atoms with Gasteiger partial charge in [0.15, 0.2) is 9.84 Å². The van der Waals surface area contributed by atoms with Crippen LogP contribution in [0.25, 0.3) is 0 Å². The van der Waals surface area contributed by atoms with Crippen molar-refractivity contribution in [3.8, 4) is 0 Å². The number of rotatable bonds is 8. The first kappa shape index (κ1) is 16.9. The summed E-state index contributed by atoms with van der Waals surface area (Å²) < 4.78 is 23.3. The van der Waals surface area contributed by atoms with Crippen LogP contribution < -0.4 is 5.32 Å². The molecular weight excluding hydrogens is 258 g/mol. The summed E-state index contributed by atoms with van der Waals surface area (Å²) in [6.45, 7) is 5.72. The SMILES string of the molecule is CC(C)CCNC(=O)CS(=O)(=O)C(C)CC(=O)O. The van der Waals surface area contributed by atoms with Crippen molar-refractivity contribution in [1.82, 2.24) is 5.32 Å². The lowest BCUT2D eigenvalue weighted by atomic mass is 10.1. The normalized spacial score (nSPS) is 13.3. The van der Waals surface area contributed by atoms with Crippen LogP contribution >= 0.6 is 0 Å². The van der Waals surface area contributed by atoms with Gasteiger partial charge in [0.2, 0.25) is 5.91 Å². The highest BCUT2D eigenvalue weighted by atomic mass is 32.2. The van der Waals surface area contributed by atoms with E-state index in [9.17, 15) is 18.0 Å². The van der Waals surface area contributed by atoms with E-state index in [1.54, 1.807) is 0 Å². The monoisotopic (exact) mass is 279 g/mol. The summed E-state index contributed by atoms with van der Waals surface area (Å²) in [6, 6.07) is 0. The number of hydrogen-bond donors (Lipinski definition) is 2. The smallest absolute Gasteiger partial charge is 0.304 e. The summed E-state index contributed by atoms with van der Waals surface area (Å²) in [5.74, 6) is -1.99. The summed E-state index contributed by atoms with van der Waals surface area (Å²) in [4.78, 5) is 21.8. The van der Waals surface area contributed by atoms with Gasteiger partial charge in [0, 0.05) is 6.54 Å². The third-order valence-electron chi connectivity index (χ3n) is 2.45. The van der Waals surface area contributed by atoms with Crippen molar-refractivity contribution in [3.05, 3.63) is 0 Å². The molecule has 0 aromatic heterocycles. The Labute approximate surface area is 108 Å². The van der Waals surface area contributed by atoms with Crippen molar-refractivity contribution in [2.45, 2.75) is 38.9 Å². The molecule has 0 spiro atoms. The largest absolute Gasteiger partial charge is 0.481 e. The molecule has 106 valence electrons. The maximum absolute atomic E-state index is 11.6. The maximum atomic E-state index is 11.6. The van der Waals surface area contributed by atoms with Crippen LogP contribution in [0.2, 0.25) is 0 Å². The number of nitrogens with one attached hydrogen (secondary N) is 1. The van der Waals surface area contributed by atoms with Gasteiger partial charge in [-0.3, -0.25) is 9.59 Å². The molecule has 18 heavy (non-hydrogen) atoms. The first-order chi connectivity index (χ1) is 8.15. The fraction of sp³-hybridized carbons (Fsp3) is 0.818. The third kappa shape index (κ3) is 7.26. The van der Waals surface area contributed by atoms with Crippen molar-refractivity contribution in [3.63, 3.8) is 0 Å². The molecule has 0 aromatic rings. The van der Waals surface area contributed by atoms with Gasteiger partial charge in [-0.1, -0.05) is 13.8 Å².